The average molecular weight is 358 g/mol. The number of nitrogens with zero attached hydrogens (tertiary/aromatic N) is 2. The summed E-state index contributed by atoms with van der Waals surface area (Å²) in [5.41, 5.74) is 1.22. The van der Waals surface area contributed by atoms with E-state index in [0.29, 0.717) is 23.7 Å². The number of ether oxygens (including phenoxy) is 2. The van der Waals surface area contributed by atoms with Gasteiger partial charge in [-0.3, -0.25) is 9.89 Å². The SMILES string of the molecule is COc1ccccc1OCc1cc(C(=O)NCC2(C)CCN(C)C2)n[nH]1. The molecule has 7 heteroatoms. The number of hydrogen-bond acceptors (Lipinski definition) is 5. The molecule has 7 nitrogen and oxygen atoms in total. The van der Waals surface area contributed by atoms with Crippen molar-refractivity contribution in [2.45, 2.75) is 20.0 Å². The van der Waals surface area contributed by atoms with Crippen LogP contribution < -0.4 is 14.8 Å². The quantitative estimate of drug-likeness (QED) is 0.792. The number of likely N-dealkylation sites (tertiary alicyclic amines) is 1. The zero-order chi connectivity index (χ0) is 18.6. The lowest BCUT2D eigenvalue weighted by molar-refractivity contribution is 0.0930. The number of methoxy groups -OCH3 is 1. The number of amides is 1. The summed E-state index contributed by atoms with van der Waals surface area (Å²) in [5.74, 6) is 1.15. The van der Waals surface area contributed by atoms with Crippen LogP contribution in [-0.2, 0) is 6.61 Å². The topological polar surface area (TPSA) is 79.5 Å². The van der Waals surface area contributed by atoms with E-state index < -0.39 is 0 Å². The van der Waals surface area contributed by atoms with Crippen molar-refractivity contribution < 1.29 is 14.3 Å². The fourth-order valence-corrected chi connectivity index (χ4v) is 3.24. The summed E-state index contributed by atoms with van der Waals surface area (Å²) in [7, 11) is 3.71. The fourth-order valence-electron chi connectivity index (χ4n) is 3.24. The molecule has 0 saturated carbocycles. The normalized spacial score (nSPS) is 20.1. The third-order valence-corrected chi connectivity index (χ3v) is 4.74. The maximum atomic E-state index is 12.3. The van der Waals surface area contributed by atoms with Crippen molar-refractivity contribution in [3.05, 3.63) is 41.7 Å². The van der Waals surface area contributed by atoms with Gasteiger partial charge in [0.05, 0.1) is 12.8 Å². The second-order valence-electron chi connectivity index (χ2n) is 7.20. The number of rotatable bonds is 7. The Kier molecular flexibility index (Phi) is 5.46. The monoisotopic (exact) mass is 358 g/mol. The number of aromatic nitrogens is 2. The standard InChI is InChI=1S/C19H26N4O3/c1-19(8-9-23(2)13-19)12-20-18(24)15-10-14(21-22-15)11-26-17-7-5-4-6-16(17)25-3/h4-7,10H,8-9,11-13H2,1-3H3,(H,20,24)(H,21,22). The molecule has 1 saturated heterocycles. The maximum Gasteiger partial charge on any atom is 0.271 e. The van der Waals surface area contributed by atoms with Gasteiger partial charge in [0.2, 0.25) is 0 Å². The van der Waals surface area contributed by atoms with Crippen molar-refractivity contribution in [2.75, 3.05) is 33.8 Å². The minimum absolute atomic E-state index is 0.122. The molecule has 2 N–H and O–H groups in total. The largest absolute Gasteiger partial charge is 0.493 e. The van der Waals surface area contributed by atoms with Crippen molar-refractivity contribution in [3.8, 4) is 11.5 Å². The Morgan fingerprint density at radius 2 is 2.15 bits per heavy atom. The molecule has 1 unspecified atom stereocenters. The number of aromatic amines is 1. The molecule has 0 spiro atoms. The minimum Gasteiger partial charge on any atom is -0.493 e. The second kappa shape index (κ2) is 7.78. The third kappa shape index (κ3) is 4.35. The lowest BCUT2D eigenvalue weighted by atomic mass is 9.90. The molecule has 1 amide bonds. The second-order valence-corrected chi connectivity index (χ2v) is 7.20. The molecule has 140 valence electrons. The van der Waals surface area contributed by atoms with Crippen LogP contribution in [0.5, 0.6) is 11.5 Å². The highest BCUT2D eigenvalue weighted by Crippen LogP contribution is 2.28. The minimum atomic E-state index is -0.166. The van der Waals surface area contributed by atoms with Crippen molar-refractivity contribution in [1.29, 1.82) is 0 Å². The van der Waals surface area contributed by atoms with Gasteiger partial charge in [0.25, 0.3) is 5.91 Å². The highest BCUT2D eigenvalue weighted by atomic mass is 16.5. The first-order valence-electron chi connectivity index (χ1n) is 8.76. The first-order chi connectivity index (χ1) is 12.5. The lowest BCUT2D eigenvalue weighted by Gasteiger charge is -2.23. The average Bonchev–Trinajstić information content (AvgIpc) is 3.25. The molecule has 0 bridgehead atoms. The number of benzene rings is 1. The van der Waals surface area contributed by atoms with Crippen LogP contribution in [0, 0.1) is 5.41 Å². The first-order valence-corrected chi connectivity index (χ1v) is 8.76. The van der Waals surface area contributed by atoms with Gasteiger partial charge in [0, 0.05) is 13.1 Å². The van der Waals surface area contributed by atoms with Gasteiger partial charge in [-0.2, -0.15) is 5.10 Å². The summed E-state index contributed by atoms with van der Waals surface area (Å²) in [5, 5.41) is 9.95. The van der Waals surface area contributed by atoms with E-state index in [0.717, 1.165) is 25.2 Å². The number of carbonyl (C=O) groups excluding carboxylic acids is 1. The molecule has 0 aliphatic carbocycles. The van der Waals surface area contributed by atoms with Gasteiger partial charge in [-0.15, -0.1) is 0 Å². The van der Waals surface area contributed by atoms with Crippen molar-refractivity contribution in [3.63, 3.8) is 0 Å². The predicted molar refractivity (Wildman–Crippen MR) is 98.5 cm³/mol. The zero-order valence-electron chi connectivity index (χ0n) is 15.5. The van der Waals surface area contributed by atoms with E-state index in [2.05, 4.69) is 34.4 Å². The molecule has 1 atom stereocenters. The van der Waals surface area contributed by atoms with Gasteiger partial charge in [-0.05, 0) is 43.6 Å². The van der Waals surface area contributed by atoms with E-state index in [1.54, 1.807) is 13.2 Å². The van der Waals surface area contributed by atoms with Crippen LogP contribution in [0.25, 0.3) is 0 Å². The molecule has 1 aromatic carbocycles. The van der Waals surface area contributed by atoms with Gasteiger partial charge in [0.1, 0.15) is 12.3 Å². The van der Waals surface area contributed by atoms with Gasteiger partial charge >= 0.3 is 0 Å². The van der Waals surface area contributed by atoms with E-state index in [1.165, 1.54) is 0 Å². The summed E-state index contributed by atoms with van der Waals surface area (Å²) in [6.45, 7) is 5.19. The molecule has 0 radical (unpaired) electrons. The molecule has 2 heterocycles. The van der Waals surface area contributed by atoms with E-state index in [1.807, 2.05) is 24.3 Å². The predicted octanol–water partition coefficient (Wildman–Crippen LogP) is 2.07. The zero-order valence-corrected chi connectivity index (χ0v) is 15.5. The van der Waals surface area contributed by atoms with Gasteiger partial charge in [0.15, 0.2) is 11.5 Å². The van der Waals surface area contributed by atoms with Crippen LogP contribution in [0.3, 0.4) is 0 Å². The number of carbonyl (C=O) groups is 1. The van der Waals surface area contributed by atoms with E-state index in [9.17, 15) is 4.79 Å². The molecular weight excluding hydrogens is 332 g/mol. The Labute approximate surface area is 153 Å². The van der Waals surface area contributed by atoms with Crippen molar-refractivity contribution in [1.82, 2.24) is 20.4 Å². The Balaban J connectivity index is 1.53. The lowest BCUT2D eigenvalue weighted by Crippen LogP contribution is -2.37. The van der Waals surface area contributed by atoms with Crippen LogP contribution in [0.15, 0.2) is 30.3 Å². The molecule has 2 aromatic rings. The number of hydrogen-bond donors (Lipinski definition) is 2. The van der Waals surface area contributed by atoms with Crippen molar-refractivity contribution >= 4 is 5.91 Å². The van der Waals surface area contributed by atoms with Crippen LogP contribution in [-0.4, -0.2) is 54.8 Å². The Morgan fingerprint density at radius 1 is 1.38 bits per heavy atom. The Hall–Kier alpha value is -2.54. The summed E-state index contributed by atoms with van der Waals surface area (Å²) < 4.78 is 11.0. The van der Waals surface area contributed by atoms with E-state index >= 15 is 0 Å². The summed E-state index contributed by atoms with van der Waals surface area (Å²) in [6, 6.07) is 9.15. The van der Waals surface area contributed by atoms with Gasteiger partial charge in [-0.25, -0.2) is 0 Å². The highest BCUT2D eigenvalue weighted by Gasteiger charge is 2.32. The Bertz CT molecular complexity index is 761. The molecule has 26 heavy (non-hydrogen) atoms. The number of H-pyrrole nitrogens is 1. The maximum absolute atomic E-state index is 12.3. The summed E-state index contributed by atoms with van der Waals surface area (Å²) in [4.78, 5) is 14.6. The molecule has 1 aliphatic rings. The Morgan fingerprint density at radius 3 is 2.85 bits per heavy atom. The first kappa shape index (κ1) is 18.3. The number of nitrogens with one attached hydrogen (secondary N) is 2. The third-order valence-electron chi connectivity index (χ3n) is 4.74. The fraction of sp³-hybridized carbons (Fsp3) is 0.474. The molecule has 1 fully saturated rings. The smallest absolute Gasteiger partial charge is 0.271 e. The van der Waals surface area contributed by atoms with Crippen LogP contribution in [0.2, 0.25) is 0 Å². The molecule has 1 aromatic heterocycles. The van der Waals surface area contributed by atoms with Gasteiger partial charge < -0.3 is 19.7 Å². The van der Waals surface area contributed by atoms with Crippen LogP contribution >= 0.6 is 0 Å². The summed E-state index contributed by atoms with van der Waals surface area (Å²) >= 11 is 0. The van der Waals surface area contributed by atoms with Crippen LogP contribution in [0.1, 0.15) is 29.5 Å². The van der Waals surface area contributed by atoms with Gasteiger partial charge in [-0.1, -0.05) is 19.1 Å². The van der Waals surface area contributed by atoms with Crippen molar-refractivity contribution in [2.24, 2.45) is 5.41 Å². The molecular formula is C19H26N4O3. The van der Waals surface area contributed by atoms with E-state index in [-0.39, 0.29) is 17.9 Å². The molecule has 1 aliphatic heterocycles. The van der Waals surface area contributed by atoms with Crippen LogP contribution in [0.4, 0.5) is 0 Å². The highest BCUT2D eigenvalue weighted by molar-refractivity contribution is 5.92. The number of para-hydroxylation sites is 2. The molecule has 3 rings (SSSR count). The van der Waals surface area contributed by atoms with E-state index in [4.69, 9.17) is 9.47 Å². The summed E-state index contributed by atoms with van der Waals surface area (Å²) in [6.07, 6.45) is 1.09.